The number of anilines is 4. The maximum atomic E-state index is 4.54. The van der Waals surface area contributed by atoms with Gasteiger partial charge in [0.05, 0.1) is 33.8 Å². The van der Waals surface area contributed by atoms with Gasteiger partial charge in [-0.3, -0.25) is 9.97 Å². The van der Waals surface area contributed by atoms with Crippen molar-refractivity contribution in [1.29, 1.82) is 0 Å². The van der Waals surface area contributed by atoms with E-state index in [-0.39, 0.29) is 0 Å². The Morgan fingerprint density at radius 3 is 1.36 bits per heavy atom. The zero-order chi connectivity index (χ0) is 18.8. The molecule has 0 atom stereocenters. The maximum absolute atomic E-state index is 4.54. The van der Waals surface area contributed by atoms with Crippen molar-refractivity contribution < 1.29 is 0 Å². The van der Waals surface area contributed by atoms with E-state index in [0.717, 1.165) is 44.6 Å². The lowest BCUT2D eigenvalue weighted by atomic mass is 10.1. The Hall–Kier alpha value is -3.92. The topological polar surface area (TPSA) is 49.8 Å². The Balaban J connectivity index is 1.54. The minimum atomic E-state index is 0.951. The molecule has 5 rings (SSSR count). The molecule has 28 heavy (non-hydrogen) atoms. The molecule has 2 heterocycles. The molecular weight excluding hydrogens is 344 g/mol. The van der Waals surface area contributed by atoms with Gasteiger partial charge in [-0.05, 0) is 36.4 Å². The Kier molecular flexibility index (Phi) is 4.07. The molecule has 0 aliphatic heterocycles. The van der Waals surface area contributed by atoms with Gasteiger partial charge in [-0.1, -0.05) is 48.5 Å². The van der Waals surface area contributed by atoms with E-state index in [1.54, 1.807) is 0 Å². The molecule has 2 aromatic heterocycles. The second-order valence-corrected chi connectivity index (χ2v) is 6.56. The summed E-state index contributed by atoms with van der Waals surface area (Å²) in [6.45, 7) is 0. The zero-order valence-electron chi connectivity index (χ0n) is 15.1. The number of hydrogen-bond donors (Lipinski definition) is 2. The Morgan fingerprint density at radius 1 is 0.429 bits per heavy atom. The summed E-state index contributed by atoms with van der Waals surface area (Å²) in [5.41, 5.74) is 5.81. The lowest BCUT2D eigenvalue weighted by Crippen LogP contribution is -1.99. The molecule has 0 fully saturated rings. The van der Waals surface area contributed by atoms with E-state index in [9.17, 15) is 0 Å². The Bertz CT molecular complexity index is 1170. The summed E-state index contributed by atoms with van der Waals surface area (Å²) in [7, 11) is 0. The molecule has 0 amide bonds. The Labute approximate surface area is 162 Å². The van der Waals surface area contributed by atoms with E-state index < -0.39 is 0 Å². The highest BCUT2D eigenvalue weighted by molar-refractivity contribution is 5.96. The lowest BCUT2D eigenvalue weighted by molar-refractivity contribution is 1.40. The van der Waals surface area contributed by atoms with Crippen molar-refractivity contribution in [2.75, 3.05) is 10.6 Å². The van der Waals surface area contributed by atoms with Crippen LogP contribution in [0.4, 0.5) is 22.7 Å². The maximum Gasteiger partial charge on any atom is 0.0936 e. The van der Waals surface area contributed by atoms with Crippen molar-refractivity contribution in [2.24, 2.45) is 0 Å². The fraction of sp³-hybridized carbons (Fsp3) is 0. The molecule has 0 unspecified atom stereocenters. The van der Waals surface area contributed by atoms with Gasteiger partial charge in [-0.25, -0.2) is 0 Å². The molecule has 0 spiro atoms. The number of nitrogens with one attached hydrogen (secondary N) is 2. The predicted octanol–water partition coefficient (Wildman–Crippen LogP) is 6.27. The molecule has 3 aromatic carbocycles. The molecule has 0 saturated heterocycles. The molecule has 0 bridgehead atoms. The van der Waals surface area contributed by atoms with Gasteiger partial charge >= 0.3 is 0 Å². The van der Waals surface area contributed by atoms with Crippen LogP contribution in [0.2, 0.25) is 0 Å². The summed E-state index contributed by atoms with van der Waals surface area (Å²) in [6.07, 6.45) is 3.64. The monoisotopic (exact) mass is 362 g/mol. The molecule has 0 saturated carbocycles. The van der Waals surface area contributed by atoms with Crippen molar-refractivity contribution in [3.05, 3.63) is 97.3 Å². The summed E-state index contributed by atoms with van der Waals surface area (Å²) < 4.78 is 0. The number of nitrogens with zero attached hydrogens (tertiary/aromatic N) is 2. The molecule has 134 valence electrons. The van der Waals surface area contributed by atoms with Crippen LogP contribution in [0.3, 0.4) is 0 Å². The minimum Gasteiger partial charge on any atom is -0.352 e. The quantitative estimate of drug-likeness (QED) is 0.395. The van der Waals surface area contributed by atoms with E-state index in [1.807, 2.05) is 60.9 Å². The fourth-order valence-electron chi connectivity index (χ4n) is 3.40. The predicted molar refractivity (Wildman–Crippen MR) is 116 cm³/mol. The summed E-state index contributed by atoms with van der Waals surface area (Å²) in [5, 5.41) is 9.29. The Morgan fingerprint density at radius 2 is 0.857 bits per heavy atom. The second kappa shape index (κ2) is 7.00. The van der Waals surface area contributed by atoms with Crippen LogP contribution < -0.4 is 10.6 Å². The summed E-state index contributed by atoms with van der Waals surface area (Å²) in [4.78, 5) is 9.08. The molecular formula is C24H18N4. The van der Waals surface area contributed by atoms with E-state index >= 15 is 0 Å². The lowest BCUT2D eigenvalue weighted by Gasteiger charge is -2.16. The molecule has 5 aromatic rings. The third-order valence-electron chi connectivity index (χ3n) is 4.73. The number of aromatic nitrogens is 2. The van der Waals surface area contributed by atoms with Gasteiger partial charge in [0.2, 0.25) is 0 Å². The summed E-state index contributed by atoms with van der Waals surface area (Å²) in [6, 6.07) is 28.5. The molecule has 4 heteroatoms. The highest BCUT2D eigenvalue weighted by Crippen LogP contribution is 2.32. The first-order chi connectivity index (χ1) is 13.9. The highest BCUT2D eigenvalue weighted by Gasteiger charge is 2.08. The largest absolute Gasteiger partial charge is 0.352 e. The summed E-state index contributed by atoms with van der Waals surface area (Å²) in [5.74, 6) is 0. The number of benzene rings is 3. The third-order valence-corrected chi connectivity index (χ3v) is 4.73. The van der Waals surface area contributed by atoms with Crippen LogP contribution >= 0.6 is 0 Å². The van der Waals surface area contributed by atoms with Crippen molar-refractivity contribution in [3.8, 4) is 0 Å². The number of rotatable bonds is 4. The van der Waals surface area contributed by atoms with Crippen LogP contribution in [0.15, 0.2) is 97.3 Å². The van der Waals surface area contributed by atoms with Crippen LogP contribution in [0.5, 0.6) is 0 Å². The molecule has 0 aliphatic carbocycles. The van der Waals surface area contributed by atoms with Gasteiger partial charge in [0.25, 0.3) is 0 Å². The summed E-state index contributed by atoms with van der Waals surface area (Å²) >= 11 is 0. The van der Waals surface area contributed by atoms with Crippen LogP contribution in [-0.4, -0.2) is 9.97 Å². The number of pyridine rings is 2. The number of fused-ring (bicyclic) bond motifs is 2. The van der Waals surface area contributed by atoms with Gasteiger partial charge in [0, 0.05) is 23.2 Å². The normalized spacial score (nSPS) is 10.9. The van der Waals surface area contributed by atoms with E-state index in [0.29, 0.717) is 0 Å². The SMILES string of the molecule is c1ccc(Nc2cccc3cccnc23)c(Nc2cccc3cccnc23)c1. The first-order valence-corrected chi connectivity index (χ1v) is 9.19. The molecule has 2 N–H and O–H groups in total. The van der Waals surface area contributed by atoms with Gasteiger partial charge in [0.15, 0.2) is 0 Å². The number of para-hydroxylation sites is 4. The van der Waals surface area contributed by atoms with Gasteiger partial charge in [-0.15, -0.1) is 0 Å². The third kappa shape index (κ3) is 3.01. The standard InChI is InChI=1S/C24H18N4/c1-2-12-20(28-22-14-4-8-18-10-6-16-26-24(18)22)19(11-1)27-21-13-3-7-17-9-5-15-25-23(17)21/h1-16,27-28H. The zero-order valence-corrected chi connectivity index (χ0v) is 15.1. The van der Waals surface area contributed by atoms with Gasteiger partial charge in [0.1, 0.15) is 0 Å². The molecule has 0 radical (unpaired) electrons. The van der Waals surface area contributed by atoms with Gasteiger partial charge < -0.3 is 10.6 Å². The average Bonchev–Trinajstić information content (AvgIpc) is 2.76. The second-order valence-electron chi connectivity index (χ2n) is 6.56. The van der Waals surface area contributed by atoms with E-state index in [1.165, 1.54) is 0 Å². The van der Waals surface area contributed by atoms with Crippen LogP contribution in [0.1, 0.15) is 0 Å². The molecule has 4 nitrogen and oxygen atoms in total. The highest BCUT2D eigenvalue weighted by atomic mass is 15.0. The van der Waals surface area contributed by atoms with E-state index in [2.05, 4.69) is 57.0 Å². The van der Waals surface area contributed by atoms with Crippen LogP contribution in [0, 0.1) is 0 Å². The van der Waals surface area contributed by atoms with Crippen molar-refractivity contribution in [2.45, 2.75) is 0 Å². The van der Waals surface area contributed by atoms with Crippen LogP contribution in [0.25, 0.3) is 21.8 Å². The first kappa shape index (κ1) is 16.3. The van der Waals surface area contributed by atoms with Crippen molar-refractivity contribution >= 4 is 44.6 Å². The van der Waals surface area contributed by atoms with Gasteiger partial charge in [-0.2, -0.15) is 0 Å². The van der Waals surface area contributed by atoms with Crippen molar-refractivity contribution in [1.82, 2.24) is 9.97 Å². The fourth-order valence-corrected chi connectivity index (χ4v) is 3.40. The van der Waals surface area contributed by atoms with E-state index in [4.69, 9.17) is 0 Å². The average molecular weight is 362 g/mol. The van der Waals surface area contributed by atoms with Crippen LogP contribution in [-0.2, 0) is 0 Å². The van der Waals surface area contributed by atoms with Crippen molar-refractivity contribution in [3.63, 3.8) is 0 Å². The number of hydrogen-bond acceptors (Lipinski definition) is 4. The minimum absolute atomic E-state index is 0.951. The first-order valence-electron chi connectivity index (χ1n) is 9.19. The smallest absolute Gasteiger partial charge is 0.0936 e. The molecule has 0 aliphatic rings.